The molecule has 0 aliphatic carbocycles. The van der Waals surface area contributed by atoms with E-state index in [0.29, 0.717) is 10.7 Å². The Labute approximate surface area is 110 Å². The summed E-state index contributed by atoms with van der Waals surface area (Å²) >= 11 is 5.74. The van der Waals surface area contributed by atoms with Crippen molar-refractivity contribution >= 4 is 33.4 Å². The second kappa shape index (κ2) is 4.85. The molecule has 1 aliphatic heterocycles. The van der Waals surface area contributed by atoms with Gasteiger partial charge in [0.1, 0.15) is 0 Å². The largest absolute Gasteiger partial charge is 0.312 e. The number of nitrogens with zero attached hydrogens (tertiary/aromatic N) is 1. The van der Waals surface area contributed by atoms with E-state index in [1.54, 1.807) is 24.3 Å². The first-order chi connectivity index (χ1) is 8.35. The lowest BCUT2D eigenvalue weighted by molar-refractivity contribution is -0.117. The van der Waals surface area contributed by atoms with Crippen LogP contribution in [0.3, 0.4) is 0 Å². The molecule has 0 radical (unpaired) electrons. The minimum absolute atomic E-state index is 0.0474. The maximum Gasteiger partial charge on any atom is 0.302 e. The van der Waals surface area contributed by atoms with Gasteiger partial charge in [0, 0.05) is 29.6 Å². The van der Waals surface area contributed by atoms with Crippen LogP contribution in [0.5, 0.6) is 0 Å². The second-order valence-electron chi connectivity index (χ2n) is 4.26. The van der Waals surface area contributed by atoms with E-state index in [1.165, 1.54) is 4.90 Å². The lowest BCUT2D eigenvalue weighted by atomic mass is 10.1. The highest BCUT2D eigenvalue weighted by atomic mass is 35.5. The van der Waals surface area contributed by atoms with Crippen LogP contribution in [0.1, 0.15) is 6.42 Å². The molecule has 1 atom stereocenters. The number of rotatable bonds is 3. The predicted octanol–water partition coefficient (Wildman–Crippen LogP) is 1.99. The van der Waals surface area contributed by atoms with Crippen molar-refractivity contribution < 1.29 is 17.1 Å². The van der Waals surface area contributed by atoms with Crippen LogP contribution in [0.4, 0.5) is 9.57 Å². The van der Waals surface area contributed by atoms with Crippen molar-refractivity contribution in [3.05, 3.63) is 29.3 Å². The molecule has 1 saturated heterocycles. The zero-order valence-corrected chi connectivity index (χ0v) is 10.9. The van der Waals surface area contributed by atoms with E-state index in [0.717, 1.165) is 0 Å². The van der Waals surface area contributed by atoms with Gasteiger partial charge in [0.25, 0.3) is 0 Å². The molecule has 1 aromatic rings. The average molecular weight is 292 g/mol. The van der Waals surface area contributed by atoms with Crippen molar-refractivity contribution in [1.29, 1.82) is 0 Å². The number of carbonyl (C=O) groups is 1. The zero-order valence-electron chi connectivity index (χ0n) is 9.34. The van der Waals surface area contributed by atoms with Crippen molar-refractivity contribution in [2.75, 3.05) is 17.2 Å². The minimum atomic E-state index is -4.54. The molecule has 1 amide bonds. The molecule has 0 N–H and O–H groups in total. The maximum absolute atomic E-state index is 12.6. The van der Waals surface area contributed by atoms with Crippen LogP contribution in [0.15, 0.2) is 24.3 Å². The summed E-state index contributed by atoms with van der Waals surface area (Å²) < 4.78 is 33.7. The highest BCUT2D eigenvalue weighted by molar-refractivity contribution is 7.86. The van der Waals surface area contributed by atoms with Crippen molar-refractivity contribution in [3.63, 3.8) is 0 Å². The smallest absolute Gasteiger partial charge is 0.302 e. The van der Waals surface area contributed by atoms with Gasteiger partial charge in [-0.05, 0) is 24.3 Å². The Morgan fingerprint density at radius 1 is 1.33 bits per heavy atom. The summed E-state index contributed by atoms with van der Waals surface area (Å²) in [7, 11) is -4.54. The molecular formula is C11H11ClFNO3S. The third-order valence-corrected chi connectivity index (χ3v) is 3.90. The first-order valence-corrected chi connectivity index (χ1v) is 7.26. The standard InChI is InChI=1S/C11H11ClFNO3S/c12-9-1-3-10(4-2-9)14-6-8(5-11(14)15)7-18(13,16)17/h1-4,8H,5-7H2. The van der Waals surface area contributed by atoms with Gasteiger partial charge in [-0.25, -0.2) is 0 Å². The van der Waals surface area contributed by atoms with Crippen molar-refractivity contribution in [1.82, 2.24) is 0 Å². The zero-order chi connectivity index (χ0) is 13.3. The van der Waals surface area contributed by atoms with Crippen molar-refractivity contribution in [2.24, 2.45) is 5.92 Å². The lowest BCUT2D eigenvalue weighted by Crippen LogP contribution is -2.25. The molecule has 1 aliphatic rings. The Morgan fingerprint density at radius 3 is 2.50 bits per heavy atom. The second-order valence-corrected chi connectivity index (χ2v) is 6.10. The molecule has 1 unspecified atom stereocenters. The summed E-state index contributed by atoms with van der Waals surface area (Å²) in [5.74, 6) is -1.31. The molecule has 98 valence electrons. The Kier molecular flexibility index (Phi) is 3.59. The van der Waals surface area contributed by atoms with Crippen LogP contribution in [-0.4, -0.2) is 26.6 Å². The normalized spacial score (nSPS) is 20.4. The number of benzene rings is 1. The van der Waals surface area contributed by atoms with Gasteiger partial charge in [-0.1, -0.05) is 11.6 Å². The van der Waals surface area contributed by atoms with E-state index in [2.05, 4.69) is 0 Å². The molecule has 18 heavy (non-hydrogen) atoms. The highest BCUT2D eigenvalue weighted by Crippen LogP contribution is 2.27. The number of carbonyl (C=O) groups excluding carboxylic acids is 1. The predicted molar refractivity (Wildman–Crippen MR) is 66.8 cm³/mol. The Bertz CT molecular complexity index is 558. The quantitative estimate of drug-likeness (QED) is 0.800. The van der Waals surface area contributed by atoms with Crippen LogP contribution < -0.4 is 4.90 Å². The van der Waals surface area contributed by atoms with Crippen LogP contribution >= 0.6 is 11.6 Å². The topological polar surface area (TPSA) is 54.5 Å². The molecule has 7 heteroatoms. The van der Waals surface area contributed by atoms with E-state index in [4.69, 9.17) is 11.6 Å². The summed E-state index contributed by atoms with van der Waals surface area (Å²) in [5, 5.41) is 0.549. The van der Waals surface area contributed by atoms with E-state index in [-0.39, 0.29) is 18.9 Å². The molecule has 1 heterocycles. The molecule has 2 rings (SSSR count). The van der Waals surface area contributed by atoms with Gasteiger partial charge in [0.2, 0.25) is 5.91 Å². The Morgan fingerprint density at radius 2 is 1.94 bits per heavy atom. The van der Waals surface area contributed by atoms with Gasteiger partial charge >= 0.3 is 10.2 Å². The SMILES string of the molecule is O=C1CC(CS(=O)(=O)F)CN1c1ccc(Cl)cc1. The molecule has 4 nitrogen and oxygen atoms in total. The monoisotopic (exact) mass is 291 g/mol. The fraction of sp³-hybridized carbons (Fsp3) is 0.364. The van der Waals surface area contributed by atoms with Crippen molar-refractivity contribution in [3.8, 4) is 0 Å². The average Bonchev–Trinajstić information content (AvgIpc) is 2.58. The minimum Gasteiger partial charge on any atom is -0.312 e. The van der Waals surface area contributed by atoms with Gasteiger partial charge in [0.05, 0.1) is 5.75 Å². The summed E-state index contributed by atoms with van der Waals surface area (Å²) in [4.78, 5) is 13.2. The first kappa shape index (κ1) is 13.3. The van der Waals surface area contributed by atoms with E-state index >= 15 is 0 Å². The summed E-state index contributed by atoms with van der Waals surface area (Å²) in [6.07, 6.45) is 0.0474. The fourth-order valence-corrected chi connectivity index (χ4v) is 2.96. The van der Waals surface area contributed by atoms with Gasteiger partial charge in [-0.2, -0.15) is 8.42 Å². The summed E-state index contributed by atoms with van der Waals surface area (Å²) in [6, 6.07) is 6.63. The Hall–Kier alpha value is -1.14. The van der Waals surface area contributed by atoms with Crippen LogP contribution in [0, 0.1) is 5.92 Å². The van der Waals surface area contributed by atoms with Crippen molar-refractivity contribution in [2.45, 2.75) is 6.42 Å². The van der Waals surface area contributed by atoms with Gasteiger partial charge in [-0.15, -0.1) is 3.89 Å². The number of amides is 1. The number of hydrogen-bond donors (Lipinski definition) is 0. The third kappa shape index (κ3) is 3.20. The van der Waals surface area contributed by atoms with Crippen LogP contribution in [0.25, 0.3) is 0 Å². The number of hydrogen-bond acceptors (Lipinski definition) is 3. The first-order valence-electron chi connectivity index (χ1n) is 5.33. The Balaban J connectivity index is 2.12. The molecule has 1 aromatic carbocycles. The molecule has 0 bridgehead atoms. The summed E-state index contributed by atoms with van der Waals surface area (Å²) in [5.41, 5.74) is 0.642. The van der Waals surface area contributed by atoms with Gasteiger partial charge in [0.15, 0.2) is 0 Å². The van der Waals surface area contributed by atoms with Crippen LogP contribution in [-0.2, 0) is 15.0 Å². The van der Waals surface area contributed by atoms with Gasteiger partial charge < -0.3 is 4.90 Å². The molecule has 0 saturated carbocycles. The molecular weight excluding hydrogens is 281 g/mol. The van der Waals surface area contributed by atoms with E-state index < -0.39 is 21.9 Å². The third-order valence-electron chi connectivity index (χ3n) is 2.78. The number of anilines is 1. The highest BCUT2D eigenvalue weighted by Gasteiger charge is 2.33. The van der Waals surface area contributed by atoms with Crippen LogP contribution in [0.2, 0.25) is 5.02 Å². The molecule has 0 aromatic heterocycles. The maximum atomic E-state index is 12.6. The fourth-order valence-electron chi connectivity index (χ4n) is 2.05. The van der Waals surface area contributed by atoms with E-state index in [1.807, 2.05) is 0 Å². The summed E-state index contributed by atoms with van der Waals surface area (Å²) in [6.45, 7) is 0.212. The molecule has 0 spiro atoms. The van der Waals surface area contributed by atoms with Gasteiger partial charge in [-0.3, -0.25) is 4.79 Å². The lowest BCUT2D eigenvalue weighted by Gasteiger charge is -2.16. The van der Waals surface area contributed by atoms with E-state index in [9.17, 15) is 17.1 Å². The molecule has 1 fully saturated rings. The number of halogens is 2.